The van der Waals surface area contributed by atoms with Gasteiger partial charge in [0.05, 0.1) is 16.7 Å². The third-order valence-electron chi connectivity index (χ3n) is 5.40. The lowest BCUT2D eigenvalue weighted by Gasteiger charge is -2.48. The van der Waals surface area contributed by atoms with E-state index in [4.69, 9.17) is 15.2 Å². The SMILES string of the molecule is CC(C)(C)C(=O)OCOC(=O)C1=CCSC2C(NC(=O)/C(=C\C3CC3)c3csc(N)n3)C(=O)N12. The average Bonchev–Trinajstić information content (AvgIpc) is 3.51. The fourth-order valence-electron chi connectivity index (χ4n) is 3.36. The van der Waals surface area contributed by atoms with Crippen LogP contribution in [0, 0.1) is 11.3 Å². The van der Waals surface area contributed by atoms with E-state index in [1.165, 1.54) is 28.0 Å². The van der Waals surface area contributed by atoms with Crippen molar-refractivity contribution in [1.82, 2.24) is 15.2 Å². The third kappa shape index (κ3) is 5.12. The van der Waals surface area contributed by atoms with E-state index in [0.29, 0.717) is 28.1 Å². The van der Waals surface area contributed by atoms with Crippen LogP contribution in [-0.4, -0.2) is 57.6 Å². The smallest absolute Gasteiger partial charge is 0.357 e. The summed E-state index contributed by atoms with van der Waals surface area (Å²) < 4.78 is 10.0. The Bertz CT molecular complexity index is 1090. The van der Waals surface area contributed by atoms with Crippen molar-refractivity contribution >= 4 is 57.6 Å². The van der Waals surface area contributed by atoms with E-state index in [2.05, 4.69) is 10.3 Å². The largest absolute Gasteiger partial charge is 0.427 e. The number of amides is 2. The predicted octanol–water partition coefficient (Wildman–Crippen LogP) is 1.89. The van der Waals surface area contributed by atoms with E-state index in [9.17, 15) is 19.2 Å². The lowest BCUT2D eigenvalue weighted by molar-refractivity contribution is -0.173. The fourth-order valence-corrected chi connectivity index (χ4v) is 5.12. The lowest BCUT2D eigenvalue weighted by Crippen LogP contribution is -2.70. The number of thiazole rings is 1. The van der Waals surface area contributed by atoms with Gasteiger partial charge in [-0.25, -0.2) is 9.78 Å². The van der Waals surface area contributed by atoms with Gasteiger partial charge >= 0.3 is 11.9 Å². The maximum absolute atomic E-state index is 13.1. The number of nitrogens with two attached hydrogens (primary N) is 1. The first-order valence-corrected chi connectivity index (χ1v) is 12.7. The Kier molecular flexibility index (Phi) is 6.72. The molecule has 1 saturated heterocycles. The van der Waals surface area contributed by atoms with Crippen LogP contribution in [0.5, 0.6) is 0 Å². The number of nitrogens with zero attached hydrogens (tertiary/aromatic N) is 2. The summed E-state index contributed by atoms with van der Waals surface area (Å²) in [7, 11) is 0. The highest BCUT2D eigenvalue weighted by atomic mass is 32.2. The number of fused-ring (bicyclic) bond motifs is 1. The normalized spacial score (nSPS) is 22.3. The lowest BCUT2D eigenvalue weighted by atomic mass is 9.98. The van der Waals surface area contributed by atoms with Gasteiger partial charge < -0.3 is 20.5 Å². The van der Waals surface area contributed by atoms with E-state index in [0.717, 1.165) is 12.8 Å². The number of nitrogen functional groups attached to an aromatic ring is 1. The van der Waals surface area contributed by atoms with Gasteiger partial charge in [0.15, 0.2) is 5.13 Å². The maximum atomic E-state index is 13.1. The zero-order valence-corrected chi connectivity index (χ0v) is 20.7. The van der Waals surface area contributed by atoms with Crippen LogP contribution in [-0.2, 0) is 28.7 Å². The molecular formula is C22H26N4O6S2. The van der Waals surface area contributed by atoms with E-state index in [1.807, 2.05) is 6.08 Å². The Labute approximate surface area is 204 Å². The monoisotopic (exact) mass is 506 g/mol. The van der Waals surface area contributed by atoms with Crippen molar-refractivity contribution in [3.63, 3.8) is 0 Å². The van der Waals surface area contributed by atoms with E-state index in [-0.39, 0.29) is 5.70 Å². The quantitative estimate of drug-likeness (QED) is 0.245. The zero-order chi connectivity index (χ0) is 24.6. The molecule has 1 aliphatic carbocycles. The van der Waals surface area contributed by atoms with Gasteiger partial charge in [0, 0.05) is 11.1 Å². The minimum atomic E-state index is -0.786. The molecule has 1 saturated carbocycles. The molecular weight excluding hydrogens is 480 g/mol. The van der Waals surface area contributed by atoms with Gasteiger partial charge in [-0.2, -0.15) is 0 Å². The highest BCUT2D eigenvalue weighted by molar-refractivity contribution is 8.00. The number of thioether (sulfide) groups is 1. The Morgan fingerprint density at radius 2 is 2.03 bits per heavy atom. The molecule has 34 heavy (non-hydrogen) atoms. The molecule has 182 valence electrons. The van der Waals surface area contributed by atoms with E-state index < -0.39 is 47.4 Å². The van der Waals surface area contributed by atoms with Crippen LogP contribution >= 0.6 is 23.1 Å². The van der Waals surface area contributed by atoms with Crippen molar-refractivity contribution in [2.75, 3.05) is 18.3 Å². The molecule has 2 fully saturated rings. The molecule has 0 radical (unpaired) electrons. The van der Waals surface area contributed by atoms with Crippen molar-refractivity contribution in [3.8, 4) is 0 Å². The maximum Gasteiger partial charge on any atom is 0.357 e. The zero-order valence-electron chi connectivity index (χ0n) is 19.0. The number of allylic oxidation sites excluding steroid dienone is 1. The Balaban J connectivity index is 1.38. The number of β-lactam (4-membered cyclic amide) rings is 1. The number of ether oxygens (including phenoxy) is 2. The molecule has 1 aromatic rings. The summed E-state index contributed by atoms with van der Waals surface area (Å²) in [6.45, 7) is 4.51. The minimum Gasteiger partial charge on any atom is -0.427 e. The minimum absolute atomic E-state index is 0.0760. The number of carbonyl (C=O) groups excluding carboxylic acids is 4. The van der Waals surface area contributed by atoms with Crippen molar-refractivity contribution in [2.45, 2.75) is 45.0 Å². The Hall–Kier alpha value is -2.86. The van der Waals surface area contributed by atoms with Gasteiger partial charge in [0.25, 0.3) is 11.8 Å². The van der Waals surface area contributed by atoms with Gasteiger partial charge in [-0.3, -0.25) is 19.3 Å². The van der Waals surface area contributed by atoms with Crippen molar-refractivity contribution in [3.05, 3.63) is 28.9 Å². The van der Waals surface area contributed by atoms with Gasteiger partial charge in [0.2, 0.25) is 6.79 Å². The molecule has 1 aromatic heterocycles. The highest BCUT2D eigenvalue weighted by Crippen LogP contribution is 2.39. The summed E-state index contributed by atoms with van der Waals surface area (Å²) in [4.78, 5) is 55.8. The second-order valence-corrected chi connectivity index (χ2v) is 11.2. The summed E-state index contributed by atoms with van der Waals surface area (Å²) >= 11 is 2.67. The molecule has 3 heterocycles. The molecule has 10 nitrogen and oxygen atoms in total. The van der Waals surface area contributed by atoms with Gasteiger partial charge in [-0.1, -0.05) is 6.08 Å². The molecule has 2 aliphatic heterocycles. The average molecular weight is 507 g/mol. The topological polar surface area (TPSA) is 141 Å². The first-order chi connectivity index (χ1) is 16.1. The molecule has 2 unspecified atom stereocenters. The van der Waals surface area contributed by atoms with Gasteiger partial charge in [-0.15, -0.1) is 23.1 Å². The molecule has 2 amide bonds. The number of hydrogen-bond donors (Lipinski definition) is 2. The van der Waals surface area contributed by atoms with Gasteiger partial charge in [0.1, 0.15) is 17.1 Å². The van der Waals surface area contributed by atoms with Crippen LogP contribution in [0.4, 0.5) is 5.13 Å². The van der Waals surface area contributed by atoms with Crippen molar-refractivity contribution < 1.29 is 28.7 Å². The molecule has 2 atom stereocenters. The number of anilines is 1. The van der Waals surface area contributed by atoms with Crippen LogP contribution < -0.4 is 11.1 Å². The van der Waals surface area contributed by atoms with Crippen LogP contribution in [0.1, 0.15) is 39.3 Å². The van der Waals surface area contributed by atoms with Crippen LogP contribution in [0.2, 0.25) is 0 Å². The van der Waals surface area contributed by atoms with Crippen LogP contribution in [0.15, 0.2) is 23.2 Å². The second-order valence-electron chi connectivity index (χ2n) is 9.19. The standard InChI is InChI=1S/C22H26N4O6S2/c1-22(2,3)20(30)32-10-31-19(29)14-6-7-33-18-15(17(28)26(14)18)25-16(27)12(8-11-4-5-11)13-9-34-21(23)24-13/h6,8-9,11,15,18H,4-5,7,10H2,1-3H3,(H2,23,24)(H,25,27)/b12-8-. The molecule has 3 aliphatic rings. The predicted molar refractivity (Wildman–Crippen MR) is 127 cm³/mol. The molecule has 0 spiro atoms. The molecule has 12 heteroatoms. The van der Waals surface area contributed by atoms with Crippen LogP contribution in [0.3, 0.4) is 0 Å². The van der Waals surface area contributed by atoms with E-state index in [1.54, 1.807) is 32.2 Å². The summed E-state index contributed by atoms with van der Waals surface area (Å²) in [5, 5.41) is 4.44. The highest BCUT2D eigenvalue weighted by Gasteiger charge is 2.53. The van der Waals surface area contributed by atoms with E-state index >= 15 is 0 Å². The summed E-state index contributed by atoms with van der Waals surface area (Å²) in [6.07, 6.45) is 5.47. The number of carbonyl (C=O) groups is 4. The number of hydrogen-bond acceptors (Lipinski definition) is 10. The first kappa shape index (κ1) is 24.3. The molecule has 0 bridgehead atoms. The second kappa shape index (κ2) is 9.41. The number of esters is 2. The fraction of sp³-hybridized carbons (Fsp3) is 0.500. The number of rotatable bonds is 7. The summed E-state index contributed by atoms with van der Waals surface area (Å²) in [5.74, 6) is -1.31. The van der Waals surface area contributed by atoms with Crippen molar-refractivity contribution in [2.24, 2.45) is 11.3 Å². The Morgan fingerprint density at radius 3 is 2.65 bits per heavy atom. The number of nitrogens with one attached hydrogen (secondary N) is 1. The number of aromatic nitrogens is 1. The van der Waals surface area contributed by atoms with Gasteiger partial charge in [-0.05, 0) is 45.6 Å². The molecule has 3 N–H and O–H groups in total. The first-order valence-electron chi connectivity index (χ1n) is 10.8. The summed E-state index contributed by atoms with van der Waals surface area (Å²) in [6, 6.07) is -0.786. The molecule has 4 rings (SSSR count). The third-order valence-corrected chi connectivity index (χ3v) is 7.26. The Morgan fingerprint density at radius 1 is 1.29 bits per heavy atom. The summed E-state index contributed by atoms with van der Waals surface area (Å²) in [5.41, 5.74) is 5.97. The van der Waals surface area contributed by atoms with Crippen LogP contribution in [0.25, 0.3) is 5.57 Å². The molecule has 0 aromatic carbocycles. The van der Waals surface area contributed by atoms with Crippen molar-refractivity contribution in [1.29, 1.82) is 0 Å².